The van der Waals surface area contributed by atoms with Crippen LogP contribution in [0.25, 0.3) is 5.52 Å². The van der Waals surface area contributed by atoms with E-state index in [0.29, 0.717) is 5.52 Å². The van der Waals surface area contributed by atoms with E-state index >= 15 is 0 Å². The number of halogens is 2. The summed E-state index contributed by atoms with van der Waals surface area (Å²) >= 11 is 5.15. The Morgan fingerprint density at radius 3 is 2.67 bits per heavy atom. The van der Waals surface area contributed by atoms with Gasteiger partial charge < -0.3 is 0 Å². The van der Waals surface area contributed by atoms with Crippen LogP contribution in [0.2, 0.25) is 0 Å². The Morgan fingerprint density at radius 1 is 1.38 bits per heavy atom. The van der Waals surface area contributed by atoms with Gasteiger partial charge in [-0.2, -0.15) is 0 Å². The Kier molecular flexibility index (Phi) is 4.80. The van der Waals surface area contributed by atoms with Crippen molar-refractivity contribution >= 4 is 33.4 Å². The summed E-state index contributed by atoms with van der Waals surface area (Å²) in [5, 5.41) is 0. The van der Waals surface area contributed by atoms with Gasteiger partial charge in [0.25, 0.3) is 5.56 Å². The van der Waals surface area contributed by atoms with Crippen LogP contribution < -0.4 is 10.3 Å². The molecule has 0 saturated carbocycles. The maximum Gasteiger partial charge on any atom is 0.255 e. The van der Waals surface area contributed by atoms with Gasteiger partial charge in [-0.3, -0.25) is 13.9 Å². The Hall–Kier alpha value is -0.850. The first-order valence-electron chi connectivity index (χ1n) is 6.63. The van der Waals surface area contributed by atoms with Crippen molar-refractivity contribution < 1.29 is 4.39 Å². The molecule has 0 saturated heterocycles. The smallest absolute Gasteiger partial charge is 0.255 e. The third-order valence-electron chi connectivity index (χ3n) is 2.92. The molecule has 0 spiro atoms. The molecule has 3 nitrogen and oxygen atoms in total. The zero-order chi connectivity index (χ0) is 15.8. The molecule has 1 N–H and O–H groups in total. The van der Waals surface area contributed by atoms with Crippen LogP contribution in [0, 0.1) is 5.82 Å². The predicted octanol–water partition coefficient (Wildman–Crippen LogP) is 4.30. The van der Waals surface area contributed by atoms with Crippen LogP contribution in [0.4, 0.5) is 4.39 Å². The van der Waals surface area contributed by atoms with Crippen molar-refractivity contribution in [3.8, 4) is 0 Å². The average molecular weight is 373 g/mol. The van der Waals surface area contributed by atoms with Gasteiger partial charge in [-0.1, -0.05) is 11.9 Å². The van der Waals surface area contributed by atoms with Crippen molar-refractivity contribution in [1.29, 1.82) is 0 Å². The number of fused-ring (bicyclic) bond motifs is 1. The molecule has 0 aliphatic rings. The molecule has 2 rings (SSSR count). The molecule has 1 atom stereocenters. The molecular weight excluding hydrogens is 355 g/mol. The minimum Gasteiger partial charge on any atom is -0.280 e. The molecule has 2 heterocycles. The number of aromatic nitrogens is 1. The predicted molar refractivity (Wildman–Crippen MR) is 90.2 cm³/mol. The number of nitrogens with one attached hydrogen (secondary N) is 1. The van der Waals surface area contributed by atoms with E-state index in [0.717, 1.165) is 10.0 Å². The van der Waals surface area contributed by atoms with Gasteiger partial charge >= 0.3 is 0 Å². The molecule has 2 aromatic rings. The second kappa shape index (κ2) is 6.10. The lowest BCUT2D eigenvalue weighted by molar-refractivity contribution is 0.617. The number of rotatable bonds is 3. The van der Waals surface area contributed by atoms with Gasteiger partial charge in [-0.15, -0.1) is 0 Å². The summed E-state index contributed by atoms with van der Waals surface area (Å²) in [6.45, 7) is 8.34. The molecule has 0 aliphatic heterocycles. The van der Waals surface area contributed by atoms with Crippen LogP contribution >= 0.6 is 27.9 Å². The number of hydrogen-bond acceptors (Lipinski definition) is 3. The minimum absolute atomic E-state index is 0.00801. The third kappa shape index (κ3) is 3.87. The van der Waals surface area contributed by atoms with E-state index in [1.807, 2.05) is 6.92 Å². The number of hydrogen-bond donors (Lipinski definition) is 1. The first-order valence-corrected chi connectivity index (χ1v) is 8.24. The molecule has 1 unspecified atom stereocenters. The van der Waals surface area contributed by atoms with Crippen LogP contribution in [0.3, 0.4) is 0 Å². The van der Waals surface area contributed by atoms with Crippen molar-refractivity contribution in [1.82, 2.24) is 9.12 Å². The molecule has 0 fully saturated rings. The van der Waals surface area contributed by atoms with Gasteiger partial charge in [-0.05, 0) is 61.3 Å². The molecule has 0 aromatic carbocycles. The molecule has 114 valence electrons. The van der Waals surface area contributed by atoms with Crippen LogP contribution in [-0.2, 0) is 0 Å². The molecule has 21 heavy (non-hydrogen) atoms. The average Bonchev–Trinajstić information content (AvgIpc) is 2.39. The first kappa shape index (κ1) is 16.5. The number of pyridine rings is 2. The highest BCUT2D eigenvalue weighted by Gasteiger charge is 2.17. The summed E-state index contributed by atoms with van der Waals surface area (Å²) in [5.74, 6) is -0.432. The third-order valence-corrected chi connectivity index (χ3v) is 4.86. The lowest BCUT2D eigenvalue weighted by Gasteiger charge is -2.23. The van der Waals surface area contributed by atoms with Crippen molar-refractivity contribution in [2.75, 3.05) is 0 Å². The largest absolute Gasteiger partial charge is 0.280 e. The Bertz CT molecular complexity index is 724. The summed E-state index contributed by atoms with van der Waals surface area (Å²) in [4.78, 5) is 12.2. The van der Waals surface area contributed by atoms with Gasteiger partial charge in [0.1, 0.15) is 5.82 Å². The van der Waals surface area contributed by atoms with Gasteiger partial charge in [-0.25, -0.2) is 4.39 Å². The van der Waals surface area contributed by atoms with Crippen LogP contribution in [-0.4, -0.2) is 9.15 Å². The lowest BCUT2D eigenvalue weighted by atomic mass is 10.1. The van der Waals surface area contributed by atoms with Crippen molar-refractivity contribution in [3.05, 3.63) is 50.6 Å². The summed E-state index contributed by atoms with van der Waals surface area (Å²) in [7, 11) is 0. The van der Waals surface area contributed by atoms with Crippen molar-refractivity contribution in [2.24, 2.45) is 0 Å². The first-order chi connectivity index (χ1) is 9.69. The molecule has 6 heteroatoms. The van der Waals surface area contributed by atoms with E-state index < -0.39 is 5.82 Å². The van der Waals surface area contributed by atoms with Crippen molar-refractivity contribution in [3.63, 3.8) is 0 Å². The summed E-state index contributed by atoms with van der Waals surface area (Å²) in [6, 6.07) is 4.49. The van der Waals surface area contributed by atoms with E-state index in [4.69, 9.17) is 0 Å². The van der Waals surface area contributed by atoms with Gasteiger partial charge in [0.2, 0.25) is 0 Å². The maximum absolute atomic E-state index is 13.3. The van der Waals surface area contributed by atoms with E-state index in [1.54, 1.807) is 18.0 Å². The topological polar surface area (TPSA) is 33.5 Å². The van der Waals surface area contributed by atoms with Crippen LogP contribution in [0.1, 0.15) is 39.3 Å². The van der Waals surface area contributed by atoms with Crippen LogP contribution in [0.15, 0.2) is 33.7 Å². The van der Waals surface area contributed by atoms with Gasteiger partial charge in [0.15, 0.2) is 0 Å². The fourth-order valence-electron chi connectivity index (χ4n) is 1.89. The lowest BCUT2D eigenvalue weighted by Crippen LogP contribution is -2.22. The molecule has 2 aromatic heterocycles. The summed E-state index contributed by atoms with van der Waals surface area (Å²) in [5.41, 5.74) is 1.29. The number of nitrogens with zero attached hydrogens (tertiary/aromatic N) is 1. The fourth-order valence-corrected chi connectivity index (χ4v) is 3.33. The molecule has 0 bridgehead atoms. The molecular formula is C15H18BrFN2OS. The summed E-state index contributed by atoms with van der Waals surface area (Å²) in [6.07, 6.45) is 1.20. The van der Waals surface area contributed by atoms with Gasteiger partial charge in [0, 0.05) is 27.5 Å². The zero-order valence-corrected chi connectivity index (χ0v) is 14.8. The second-order valence-electron chi connectivity index (χ2n) is 5.91. The minimum atomic E-state index is -0.432. The monoisotopic (exact) mass is 372 g/mol. The van der Waals surface area contributed by atoms with E-state index in [1.165, 1.54) is 22.7 Å². The standard InChI is InChI=1S/C15H18BrFN2OS/c1-9(18-21-15(2,3)4)11-7-13(20)19-8-10(17)5-6-12(19)14(11)16/h5-9,18H,1-4H3. The van der Waals surface area contributed by atoms with Gasteiger partial charge in [0.05, 0.1) is 5.52 Å². The maximum atomic E-state index is 13.3. The highest BCUT2D eigenvalue weighted by atomic mass is 79.9. The SMILES string of the molecule is CC(NSC(C)(C)C)c1cc(=O)n2cc(F)ccc2c1Br. The molecule has 0 aliphatic carbocycles. The Balaban J connectivity index is 2.44. The highest BCUT2D eigenvalue weighted by molar-refractivity contribution is 9.10. The zero-order valence-electron chi connectivity index (χ0n) is 12.4. The molecule has 0 radical (unpaired) electrons. The Morgan fingerprint density at radius 2 is 2.05 bits per heavy atom. The van der Waals surface area contributed by atoms with Crippen LogP contribution in [0.5, 0.6) is 0 Å². The second-order valence-corrected chi connectivity index (χ2v) is 8.37. The fraction of sp³-hybridized carbons (Fsp3) is 0.400. The van der Waals surface area contributed by atoms with E-state index in [9.17, 15) is 9.18 Å². The highest BCUT2D eigenvalue weighted by Crippen LogP contribution is 2.30. The van der Waals surface area contributed by atoms with Crippen molar-refractivity contribution in [2.45, 2.75) is 38.5 Å². The molecule has 0 amide bonds. The Labute approximate surface area is 136 Å². The van der Waals surface area contributed by atoms with E-state index in [2.05, 4.69) is 41.4 Å². The summed E-state index contributed by atoms with van der Waals surface area (Å²) < 4.78 is 18.8. The normalized spacial score (nSPS) is 13.6. The quantitative estimate of drug-likeness (QED) is 0.815. The van der Waals surface area contributed by atoms with E-state index in [-0.39, 0.29) is 16.3 Å².